The highest BCUT2D eigenvalue weighted by molar-refractivity contribution is 7.16. The maximum atomic E-state index is 12.6. The average molecular weight is 433 g/mol. The van der Waals surface area contributed by atoms with Crippen molar-refractivity contribution in [2.75, 3.05) is 13.4 Å². The first kappa shape index (κ1) is 19.5. The number of esters is 1. The largest absolute Gasteiger partial charge is 0.466 e. The zero-order valence-electron chi connectivity index (χ0n) is 15.5. The average Bonchev–Trinajstić information content (AvgIpc) is 3.28. The number of aryl methyl sites for hydroxylation is 1. The molecule has 0 saturated heterocycles. The van der Waals surface area contributed by atoms with E-state index in [4.69, 9.17) is 25.8 Å². The molecule has 0 saturated carbocycles. The van der Waals surface area contributed by atoms with Crippen LogP contribution in [0, 0.1) is 0 Å². The van der Waals surface area contributed by atoms with Gasteiger partial charge in [0.15, 0.2) is 16.3 Å². The SMILES string of the molecule is CCOC(=O)CCn1c(=NC(=O)c2ccc(Cl)cc2)sc2cc3c(cc21)OCO3. The lowest BCUT2D eigenvalue weighted by molar-refractivity contribution is -0.143. The van der Waals surface area contributed by atoms with Crippen molar-refractivity contribution < 1.29 is 23.8 Å². The fourth-order valence-corrected chi connectivity index (χ4v) is 4.13. The normalized spacial score (nSPS) is 13.1. The monoisotopic (exact) mass is 432 g/mol. The summed E-state index contributed by atoms with van der Waals surface area (Å²) >= 11 is 7.23. The third kappa shape index (κ3) is 4.13. The van der Waals surface area contributed by atoms with E-state index in [9.17, 15) is 9.59 Å². The Morgan fingerprint density at radius 2 is 1.93 bits per heavy atom. The summed E-state index contributed by atoms with van der Waals surface area (Å²) in [6.07, 6.45) is 0.163. The summed E-state index contributed by atoms with van der Waals surface area (Å²) in [5.41, 5.74) is 1.24. The Bertz CT molecular complexity index is 1150. The summed E-state index contributed by atoms with van der Waals surface area (Å²) in [4.78, 5) is 29.3. The lowest BCUT2D eigenvalue weighted by Crippen LogP contribution is -2.19. The lowest BCUT2D eigenvalue weighted by atomic mass is 10.2. The minimum Gasteiger partial charge on any atom is -0.466 e. The summed E-state index contributed by atoms with van der Waals surface area (Å²) in [7, 11) is 0. The zero-order chi connectivity index (χ0) is 20.4. The molecule has 0 atom stereocenters. The van der Waals surface area contributed by atoms with Crippen molar-refractivity contribution in [2.45, 2.75) is 19.9 Å². The number of amides is 1. The number of ether oxygens (including phenoxy) is 3. The van der Waals surface area contributed by atoms with Crippen LogP contribution in [0.1, 0.15) is 23.7 Å². The molecule has 9 heteroatoms. The number of fused-ring (bicyclic) bond motifs is 2. The van der Waals surface area contributed by atoms with Crippen LogP contribution in [0.4, 0.5) is 0 Å². The van der Waals surface area contributed by atoms with Gasteiger partial charge in [0.25, 0.3) is 5.91 Å². The summed E-state index contributed by atoms with van der Waals surface area (Å²) in [6.45, 7) is 2.57. The van der Waals surface area contributed by atoms with E-state index in [1.54, 1.807) is 31.2 Å². The van der Waals surface area contributed by atoms with Crippen LogP contribution in [0.5, 0.6) is 11.5 Å². The second-order valence-electron chi connectivity index (χ2n) is 6.19. The summed E-state index contributed by atoms with van der Waals surface area (Å²) < 4.78 is 18.6. The summed E-state index contributed by atoms with van der Waals surface area (Å²) in [5, 5.41) is 0.544. The van der Waals surface area contributed by atoms with Crippen LogP contribution in [0.3, 0.4) is 0 Å². The van der Waals surface area contributed by atoms with Gasteiger partial charge in [-0.1, -0.05) is 22.9 Å². The van der Waals surface area contributed by atoms with Crippen LogP contribution >= 0.6 is 22.9 Å². The Kier molecular flexibility index (Phi) is 5.55. The Labute approximate surface area is 175 Å². The molecule has 4 rings (SSSR count). The fraction of sp³-hybridized carbons (Fsp3) is 0.250. The van der Waals surface area contributed by atoms with Crippen LogP contribution in [0.15, 0.2) is 41.4 Å². The van der Waals surface area contributed by atoms with Gasteiger partial charge in [0.05, 0.1) is 23.2 Å². The van der Waals surface area contributed by atoms with E-state index in [1.165, 1.54) is 11.3 Å². The van der Waals surface area contributed by atoms with E-state index >= 15 is 0 Å². The quantitative estimate of drug-likeness (QED) is 0.573. The van der Waals surface area contributed by atoms with Gasteiger partial charge in [-0.25, -0.2) is 0 Å². The molecule has 0 radical (unpaired) electrons. The molecular formula is C20H17ClN2O5S. The number of halogens is 1. The van der Waals surface area contributed by atoms with E-state index in [-0.39, 0.29) is 19.2 Å². The molecule has 2 aromatic carbocycles. The minimum absolute atomic E-state index is 0.163. The standard InChI is InChI=1S/C20H17ClN2O5S/c1-2-26-18(24)7-8-23-14-9-15-16(28-11-27-15)10-17(14)29-20(23)22-19(25)12-3-5-13(21)6-4-12/h3-6,9-10H,2,7-8,11H2,1H3. The van der Waals surface area contributed by atoms with Gasteiger partial charge in [-0.3, -0.25) is 9.59 Å². The first-order valence-electron chi connectivity index (χ1n) is 8.98. The number of benzene rings is 2. The van der Waals surface area contributed by atoms with Gasteiger partial charge in [-0.05, 0) is 31.2 Å². The number of hydrogen-bond donors (Lipinski definition) is 0. The second kappa shape index (κ2) is 8.26. The predicted octanol–water partition coefficient (Wildman–Crippen LogP) is 3.78. The van der Waals surface area contributed by atoms with Crippen LogP contribution in [-0.4, -0.2) is 29.8 Å². The number of nitrogens with zero attached hydrogens (tertiary/aromatic N) is 2. The zero-order valence-corrected chi connectivity index (χ0v) is 17.1. The predicted molar refractivity (Wildman–Crippen MR) is 109 cm³/mol. The number of carbonyl (C=O) groups excluding carboxylic acids is 2. The molecular weight excluding hydrogens is 416 g/mol. The van der Waals surface area contributed by atoms with Crippen molar-refractivity contribution in [3.63, 3.8) is 0 Å². The third-order valence-electron chi connectivity index (χ3n) is 4.31. The molecule has 7 nitrogen and oxygen atoms in total. The number of rotatable bonds is 5. The second-order valence-corrected chi connectivity index (χ2v) is 7.63. The molecule has 150 valence electrons. The molecule has 0 N–H and O–H groups in total. The van der Waals surface area contributed by atoms with E-state index in [0.29, 0.717) is 40.0 Å². The molecule has 0 bridgehead atoms. The maximum Gasteiger partial charge on any atom is 0.307 e. The molecule has 0 unspecified atom stereocenters. The van der Waals surface area contributed by atoms with Gasteiger partial charge >= 0.3 is 5.97 Å². The van der Waals surface area contributed by atoms with Crippen LogP contribution < -0.4 is 14.3 Å². The van der Waals surface area contributed by atoms with Gasteiger partial charge in [0.1, 0.15) is 0 Å². The van der Waals surface area contributed by atoms with Gasteiger partial charge in [-0.15, -0.1) is 0 Å². The van der Waals surface area contributed by atoms with Gasteiger partial charge in [-0.2, -0.15) is 4.99 Å². The topological polar surface area (TPSA) is 79.1 Å². The smallest absolute Gasteiger partial charge is 0.307 e. The van der Waals surface area contributed by atoms with Gasteiger partial charge in [0.2, 0.25) is 6.79 Å². The van der Waals surface area contributed by atoms with E-state index in [2.05, 4.69) is 4.99 Å². The van der Waals surface area contributed by atoms with E-state index < -0.39 is 5.91 Å². The molecule has 0 spiro atoms. The number of hydrogen-bond acceptors (Lipinski definition) is 6. The maximum absolute atomic E-state index is 12.6. The molecule has 0 fully saturated rings. The Morgan fingerprint density at radius 3 is 2.66 bits per heavy atom. The molecule has 1 amide bonds. The highest BCUT2D eigenvalue weighted by Gasteiger charge is 2.18. The van der Waals surface area contributed by atoms with E-state index in [0.717, 1.165) is 10.2 Å². The minimum atomic E-state index is -0.391. The number of aromatic nitrogens is 1. The van der Waals surface area contributed by atoms with E-state index in [1.807, 2.05) is 16.7 Å². The van der Waals surface area contributed by atoms with Crippen molar-refractivity contribution in [1.82, 2.24) is 4.57 Å². The first-order chi connectivity index (χ1) is 14.0. The Balaban J connectivity index is 1.76. The fourth-order valence-electron chi connectivity index (χ4n) is 2.94. The molecule has 1 aliphatic heterocycles. The first-order valence-corrected chi connectivity index (χ1v) is 10.2. The lowest BCUT2D eigenvalue weighted by Gasteiger charge is -2.06. The van der Waals surface area contributed by atoms with Crippen molar-refractivity contribution in [2.24, 2.45) is 4.99 Å². The van der Waals surface area contributed by atoms with Gasteiger partial charge in [0, 0.05) is 29.3 Å². The molecule has 29 heavy (non-hydrogen) atoms. The molecule has 2 heterocycles. The van der Waals surface area contributed by atoms with Crippen molar-refractivity contribution in [3.8, 4) is 11.5 Å². The third-order valence-corrected chi connectivity index (χ3v) is 5.60. The summed E-state index contributed by atoms with van der Waals surface area (Å²) in [5.74, 6) is 0.566. The van der Waals surface area contributed by atoms with Crippen LogP contribution in [0.25, 0.3) is 10.2 Å². The summed E-state index contributed by atoms with van der Waals surface area (Å²) in [6, 6.07) is 10.2. The molecule has 3 aromatic rings. The van der Waals surface area contributed by atoms with Crippen molar-refractivity contribution in [1.29, 1.82) is 0 Å². The molecule has 1 aliphatic rings. The van der Waals surface area contributed by atoms with Crippen LogP contribution in [-0.2, 0) is 16.1 Å². The Hall–Kier alpha value is -2.84. The Morgan fingerprint density at radius 1 is 1.21 bits per heavy atom. The number of carbonyl (C=O) groups is 2. The van der Waals surface area contributed by atoms with Gasteiger partial charge < -0.3 is 18.8 Å². The van der Waals surface area contributed by atoms with Crippen molar-refractivity contribution in [3.05, 3.63) is 51.8 Å². The molecule has 0 aliphatic carbocycles. The number of thiazole rings is 1. The highest BCUT2D eigenvalue weighted by atomic mass is 35.5. The highest BCUT2D eigenvalue weighted by Crippen LogP contribution is 2.37. The van der Waals surface area contributed by atoms with Crippen molar-refractivity contribution >= 4 is 45.0 Å². The van der Waals surface area contributed by atoms with Crippen LogP contribution in [0.2, 0.25) is 5.02 Å². The molecule has 1 aromatic heterocycles.